The first-order valence-electron chi connectivity index (χ1n) is 10.7. The molecule has 0 spiro atoms. The zero-order valence-corrected chi connectivity index (χ0v) is 17.0. The molecule has 2 aromatic heterocycles. The lowest BCUT2D eigenvalue weighted by molar-refractivity contribution is 0.411. The van der Waals surface area contributed by atoms with Crippen LogP contribution in [0.1, 0.15) is 54.1 Å². The van der Waals surface area contributed by atoms with Crippen molar-refractivity contribution in [3.05, 3.63) is 65.5 Å². The van der Waals surface area contributed by atoms with Crippen LogP contribution < -0.4 is 0 Å². The number of hydrogen-bond acceptors (Lipinski definition) is 3. The van der Waals surface area contributed by atoms with E-state index in [1.807, 2.05) is 45.2 Å². The third kappa shape index (κ3) is 2.53. The van der Waals surface area contributed by atoms with Crippen molar-refractivity contribution in [1.29, 1.82) is 0 Å². The minimum Gasteiger partial charge on any atom is -0.256 e. The monoisotopic (exact) mass is 369 g/mol. The van der Waals surface area contributed by atoms with E-state index in [1.165, 1.54) is 5.56 Å². The molecule has 1 aliphatic carbocycles. The second-order valence-electron chi connectivity index (χ2n) is 9.27. The van der Waals surface area contributed by atoms with E-state index in [9.17, 15) is 0 Å². The molecule has 1 aliphatic rings. The van der Waals surface area contributed by atoms with Gasteiger partial charge in [0.05, 0.1) is 17.4 Å². The highest BCUT2D eigenvalue weighted by Crippen LogP contribution is 2.49. The van der Waals surface area contributed by atoms with Crippen LogP contribution >= 0.6 is 0 Å². The van der Waals surface area contributed by atoms with Gasteiger partial charge in [0.25, 0.3) is 0 Å². The summed E-state index contributed by atoms with van der Waals surface area (Å²) in [6.07, 6.45) is 2.07. The first-order chi connectivity index (χ1) is 14.0. The van der Waals surface area contributed by atoms with E-state index in [2.05, 4.69) is 42.2 Å². The Hall–Kier alpha value is -2.81. The molecule has 28 heavy (non-hydrogen) atoms. The molecule has 5 rings (SSSR count). The summed E-state index contributed by atoms with van der Waals surface area (Å²) in [6, 6.07) is 12.3. The molecule has 0 saturated heterocycles. The Morgan fingerprint density at radius 1 is 0.964 bits per heavy atom. The molecule has 3 nitrogen and oxygen atoms in total. The van der Waals surface area contributed by atoms with Gasteiger partial charge in [-0.25, -0.2) is 0 Å². The van der Waals surface area contributed by atoms with Crippen molar-refractivity contribution in [2.24, 2.45) is 5.41 Å². The SMILES string of the molecule is [2H]C([2H])(c1cc2c3c(nccc3c1)-c1cc3nnccc3cc1C2(C)C)C(C)(C)C. The summed E-state index contributed by atoms with van der Waals surface area (Å²) in [4.78, 5) is 4.75. The fraction of sp³-hybridized carbons (Fsp3) is 0.320. The maximum atomic E-state index is 8.86. The summed E-state index contributed by atoms with van der Waals surface area (Å²) < 4.78 is 17.7. The van der Waals surface area contributed by atoms with E-state index >= 15 is 0 Å². The zero-order valence-electron chi connectivity index (χ0n) is 19.0. The second-order valence-corrected chi connectivity index (χ2v) is 9.27. The Balaban J connectivity index is 1.90. The van der Waals surface area contributed by atoms with Crippen LogP contribution in [-0.2, 0) is 11.8 Å². The fourth-order valence-electron chi connectivity index (χ4n) is 4.41. The molecule has 0 amide bonds. The molecule has 0 fully saturated rings. The van der Waals surface area contributed by atoms with Gasteiger partial charge >= 0.3 is 0 Å². The van der Waals surface area contributed by atoms with Crippen LogP contribution in [-0.4, -0.2) is 15.2 Å². The predicted molar refractivity (Wildman–Crippen MR) is 116 cm³/mol. The van der Waals surface area contributed by atoms with Crippen molar-refractivity contribution in [3.8, 4) is 11.3 Å². The van der Waals surface area contributed by atoms with E-state index < -0.39 is 11.8 Å². The highest BCUT2D eigenvalue weighted by molar-refractivity contribution is 6.03. The maximum Gasteiger partial charge on any atom is 0.0936 e. The Kier molecular flexibility index (Phi) is 3.03. The molecule has 0 N–H and O–H groups in total. The Labute approximate surface area is 168 Å². The lowest BCUT2D eigenvalue weighted by atomic mass is 9.68. The largest absolute Gasteiger partial charge is 0.256 e. The van der Waals surface area contributed by atoms with Gasteiger partial charge in [-0.1, -0.05) is 46.8 Å². The average Bonchev–Trinajstić information content (AvgIpc) is 2.69. The molecule has 0 aliphatic heterocycles. The Bertz CT molecular complexity index is 1330. The third-order valence-corrected chi connectivity index (χ3v) is 5.64. The van der Waals surface area contributed by atoms with Crippen LogP contribution in [0.15, 0.2) is 48.8 Å². The van der Waals surface area contributed by atoms with Crippen LogP contribution in [0.5, 0.6) is 0 Å². The first kappa shape index (κ1) is 15.2. The van der Waals surface area contributed by atoms with Crippen LogP contribution in [0.4, 0.5) is 0 Å². The molecular formula is C25H25N3. The van der Waals surface area contributed by atoms with Crippen molar-refractivity contribution >= 4 is 21.7 Å². The quantitative estimate of drug-likeness (QED) is 0.408. The highest BCUT2D eigenvalue weighted by Gasteiger charge is 2.35. The average molecular weight is 370 g/mol. The predicted octanol–water partition coefficient (Wildman–Crippen LogP) is 6.07. The summed E-state index contributed by atoms with van der Waals surface area (Å²) >= 11 is 0. The van der Waals surface area contributed by atoms with Crippen molar-refractivity contribution in [1.82, 2.24) is 15.2 Å². The third-order valence-electron chi connectivity index (χ3n) is 5.64. The lowest BCUT2D eigenvalue weighted by Gasteiger charge is -2.35. The van der Waals surface area contributed by atoms with Gasteiger partial charge in [-0.2, -0.15) is 10.2 Å². The lowest BCUT2D eigenvalue weighted by Crippen LogP contribution is -2.25. The van der Waals surface area contributed by atoms with Crippen molar-refractivity contribution in [2.75, 3.05) is 0 Å². The number of rotatable bonds is 1. The van der Waals surface area contributed by atoms with Crippen LogP contribution in [0.2, 0.25) is 0 Å². The van der Waals surface area contributed by atoms with Gasteiger partial charge in [0.2, 0.25) is 0 Å². The number of hydrogen-bond donors (Lipinski definition) is 0. The number of benzene rings is 2. The summed E-state index contributed by atoms with van der Waals surface area (Å²) in [7, 11) is 0. The molecular weight excluding hydrogens is 342 g/mol. The smallest absolute Gasteiger partial charge is 0.0936 e. The zero-order chi connectivity index (χ0) is 21.5. The number of aromatic nitrogens is 3. The van der Waals surface area contributed by atoms with Gasteiger partial charge < -0.3 is 0 Å². The minimum absolute atomic E-state index is 0.301. The minimum atomic E-state index is -1.46. The van der Waals surface area contributed by atoms with Crippen LogP contribution in [0.25, 0.3) is 32.9 Å². The van der Waals surface area contributed by atoms with Gasteiger partial charge in [-0.15, -0.1) is 0 Å². The molecule has 140 valence electrons. The maximum absolute atomic E-state index is 8.86. The van der Waals surface area contributed by atoms with E-state index in [0.717, 1.165) is 44.1 Å². The van der Waals surface area contributed by atoms with Gasteiger partial charge in [0, 0.05) is 30.7 Å². The van der Waals surface area contributed by atoms with E-state index in [4.69, 9.17) is 7.73 Å². The van der Waals surface area contributed by atoms with E-state index in [1.54, 1.807) is 6.20 Å². The van der Waals surface area contributed by atoms with Gasteiger partial charge in [0.15, 0.2) is 0 Å². The molecule has 0 atom stereocenters. The van der Waals surface area contributed by atoms with Crippen LogP contribution in [0.3, 0.4) is 0 Å². The van der Waals surface area contributed by atoms with Gasteiger partial charge in [0.1, 0.15) is 0 Å². The number of nitrogens with zero attached hydrogens (tertiary/aromatic N) is 3. The number of pyridine rings is 1. The molecule has 2 aromatic carbocycles. The van der Waals surface area contributed by atoms with E-state index in [0.29, 0.717) is 0 Å². The molecule has 0 radical (unpaired) electrons. The molecule has 0 saturated carbocycles. The summed E-state index contributed by atoms with van der Waals surface area (Å²) in [5, 5.41) is 11.5. The molecule has 0 unspecified atom stereocenters. The molecule has 2 heterocycles. The summed E-state index contributed by atoms with van der Waals surface area (Å²) in [5.41, 5.74) is 5.08. The topological polar surface area (TPSA) is 38.7 Å². The molecule has 3 heteroatoms. The standard InChI is InChI=1S/C25H25N3/c1-24(2,3)14-15-10-17-6-8-26-23-18-13-21-16(7-9-27-28-21)12-19(18)25(4,5)20(11-15)22(17)23/h6-13H,14H2,1-5H3/i14D2. The molecule has 0 bridgehead atoms. The molecule has 4 aromatic rings. The first-order valence-corrected chi connectivity index (χ1v) is 9.72. The highest BCUT2D eigenvalue weighted by atomic mass is 15.1. The van der Waals surface area contributed by atoms with Crippen molar-refractivity contribution in [2.45, 2.75) is 46.4 Å². The van der Waals surface area contributed by atoms with Gasteiger partial charge in [-0.05, 0) is 58.1 Å². The number of fused-ring (bicyclic) bond motifs is 3. The Morgan fingerprint density at radius 3 is 2.54 bits per heavy atom. The summed E-state index contributed by atoms with van der Waals surface area (Å²) in [5.74, 6) is 0. The Morgan fingerprint density at radius 2 is 1.75 bits per heavy atom. The van der Waals surface area contributed by atoms with Crippen molar-refractivity contribution in [3.63, 3.8) is 0 Å². The van der Waals surface area contributed by atoms with Crippen molar-refractivity contribution < 1.29 is 2.74 Å². The normalized spacial score (nSPS) is 16.6. The van der Waals surface area contributed by atoms with Crippen LogP contribution in [0, 0.1) is 5.41 Å². The van der Waals surface area contributed by atoms with Gasteiger partial charge in [-0.3, -0.25) is 4.98 Å². The van der Waals surface area contributed by atoms with E-state index in [-0.39, 0.29) is 5.41 Å². The second kappa shape index (κ2) is 5.60. The fourth-order valence-corrected chi connectivity index (χ4v) is 4.41. The summed E-state index contributed by atoms with van der Waals surface area (Å²) in [6.45, 7) is 10.3.